The van der Waals surface area contributed by atoms with Crippen molar-refractivity contribution in [3.05, 3.63) is 53.8 Å². The van der Waals surface area contributed by atoms with Gasteiger partial charge in [-0.05, 0) is 54.8 Å². The number of benzene rings is 2. The molecule has 2 aromatic carbocycles. The van der Waals surface area contributed by atoms with Gasteiger partial charge in [0.25, 0.3) is 0 Å². The average Bonchev–Trinajstić information content (AvgIpc) is 3.21. The van der Waals surface area contributed by atoms with E-state index in [1.165, 1.54) is 24.3 Å². The van der Waals surface area contributed by atoms with Crippen LogP contribution in [0.15, 0.2) is 42.5 Å². The fourth-order valence-corrected chi connectivity index (χ4v) is 3.50. The lowest BCUT2D eigenvalue weighted by Crippen LogP contribution is -2.46. The van der Waals surface area contributed by atoms with E-state index in [1.54, 1.807) is 4.90 Å². The maximum Gasteiger partial charge on any atom is 0.321 e. The number of rotatable bonds is 4. The average molecular weight is 399 g/mol. The van der Waals surface area contributed by atoms with E-state index < -0.39 is 0 Å². The minimum Gasteiger partial charge on any atom is -0.454 e. The number of halogens is 1. The van der Waals surface area contributed by atoms with E-state index in [2.05, 4.69) is 10.6 Å². The molecule has 0 aromatic heterocycles. The van der Waals surface area contributed by atoms with E-state index >= 15 is 0 Å². The monoisotopic (exact) mass is 399 g/mol. The number of carbonyl (C=O) groups excluding carboxylic acids is 2. The molecular formula is C21H22FN3O4. The van der Waals surface area contributed by atoms with Gasteiger partial charge in [0.15, 0.2) is 11.5 Å². The molecule has 2 heterocycles. The Morgan fingerprint density at radius 1 is 1.10 bits per heavy atom. The van der Waals surface area contributed by atoms with E-state index in [4.69, 9.17) is 9.47 Å². The minimum absolute atomic E-state index is 0.0815. The molecule has 2 aromatic rings. The largest absolute Gasteiger partial charge is 0.454 e. The number of carbonyl (C=O) groups is 2. The van der Waals surface area contributed by atoms with Crippen molar-refractivity contribution in [3.63, 3.8) is 0 Å². The molecule has 0 saturated carbocycles. The number of urea groups is 1. The molecule has 152 valence electrons. The number of piperidine rings is 1. The third-order valence-corrected chi connectivity index (χ3v) is 5.08. The van der Waals surface area contributed by atoms with Gasteiger partial charge in [0.05, 0.1) is 5.92 Å². The summed E-state index contributed by atoms with van der Waals surface area (Å²) in [5.41, 5.74) is 1.44. The highest BCUT2D eigenvalue weighted by atomic mass is 19.1. The van der Waals surface area contributed by atoms with Crippen LogP contribution in [0.1, 0.15) is 18.4 Å². The van der Waals surface area contributed by atoms with Gasteiger partial charge in [0.2, 0.25) is 12.7 Å². The van der Waals surface area contributed by atoms with Crippen molar-refractivity contribution in [1.29, 1.82) is 0 Å². The second-order valence-corrected chi connectivity index (χ2v) is 7.13. The maximum atomic E-state index is 13.0. The van der Waals surface area contributed by atoms with Gasteiger partial charge in [-0.1, -0.05) is 6.07 Å². The molecule has 4 rings (SSSR count). The van der Waals surface area contributed by atoms with E-state index in [9.17, 15) is 14.0 Å². The zero-order chi connectivity index (χ0) is 20.2. The molecule has 29 heavy (non-hydrogen) atoms. The van der Waals surface area contributed by atoms with Crippen molar-refractivity contribution in [2.75, 3.05) is 25.2 Å². The lowest BCUT2D eigenvalue weighted by molar-refractivity contribution is -0.126. The smallest absolute Gasteiger partial charge is 0.321 e. The van der Waals surface area contributed by atoms with Crippen LogP contribution in [0.25, 0.3) is 0 Å². The molecule has 0 bridgehead atoms. The highest BCUT2D eigenvalue weighted by molar-refractivity contribution is 5.90. The summed E-state index contributed by atoms with van der Waals surface area (Å²) in [6, 6.07) is 10.9. The lowest BCUT2D eigenvalue weighted by atomic mass is 9.97. The predicted molar refractivity (Wildman–Crippen MR) is 104 cm³/mol. The Kier molecular flexibility index (Phi) is 5.50. The number of hydrogen-bond donors (Lipinski definition) is 2. The Balaban J connectivity index is 1.29. The molecule has 7 nitrogen and oxygen atoms in total. The fourth-order valence-electron chi connectivity index (χ4n) is 3.50. The van der Waals surface area contributed by atoms with Crippen LogP contribution in [0.4, 0.5) is 14.9 Å². The van der Waals surface area contributed by atoms with Crippen LogP contribution in [0.2, 0.25) is 0 Å². The SMILES string of the molecule is O=C(NCc1ccc2c(c1)OCO2)[C@H]1CCCN(C(=O)Nc2ccc(F)cc2)C1. The van der Waals surface area contributed by atoms with Gasteiger partial charge in [-0.2, -0.15) is 0 Å². The molecule has 0 unspecified atom stereocenters. The van der Waals surface area contributed by atoms with Crippen LogP contribution in [-0.2, 0) is 11.3 Å². The van der Waals surface area contributed by atoms with Gasteiger partial charge >= 0.3 is 6.03 Å². The zero-order valence-electron chi connectivity index (χ0n) is 15.8. The first-order valence-electron chi connectivity index (χ1n) is 9.56. The molecule has 1 atom stereocenters. The van der Waals surface area contributed by atoms with Gasteiger partial charge in [-0.25, -0.2) is 9.18 Å². The predicted octanol–water partition coefficient (Wildman–Crippen LogP) is 3.11. The lowest BCUT2D eigenvalue weighted by Gasteiger charge is -2.32. The molecule has 3 amide bonds. The minimum atomic E-state index is -0.361. The molecule has 2 aliphatic rings. The standard InChI is InChI=1S/C21H22FN3O4/c22-16-4-6-17(7-5-16)24-21(27)25-9-1-2-15(12-25)20(26)23-11-14-3-8-18-19(10-14)29-13-28-18/h3-8,10,15H,1-2,9,11-13H2,(H,23,26)(H,24,27)/t15-/m0/s1. The Morgan fingerprint density at radius 2 is 1.90 bits per heavy atom. The first-order chi connectivity index (χ1) is 14.1. The number of hydrogen-bond acceptors (Lipinski definition) is 4. The molecule has 1 saturated heterocycles. The molecular weight excluding hydrogens is 377 g/mol. The Bertz CT molecular complexity index is 903. The molecule has 8 heteroatoms. The van der Waals surface area contributed by atoms with Crippen molar-refractivity contribution in [1.82, 2.24) is 10.2 Å². The van der Waals surface area contributed by atoms with Crippen LogP contribution in [0.3, 0.4) is 0 Å². The summed E-state index contributed by atoms with van der Waals surface area (Å²) in [4.78, 5) is 26.7. The third kappa shape index (κ3) is 4.59. The highest BCUT2D eigenvalue weighted by Gasteiger charge is 2.28. The number of anilines is 1. The van der Waals surface area contributed by atoms with Crippen molar-refractivity contribution >= 4 is 17.6 Å². The van der Waals surface area contributed by atoms with Crippen LogP contribution < -0.4 is 20.1 Å². The second kappa shape index (κ2) is 8.38. The maximum absolute atomic E-state index is 13.0. The molecule has 2 aliphatic heterocycles. The zero-order valence-corrected chi connectivity index (χ0v) is 15.8. The second-order valence-electron chi connectivity index (χ2n) is 7.13. The Labute approximate surface area is 167 Å². The molecule has 0 aliphatic carbocycles. The van der Waals surface area contributed by atoms with Gasteiger partial charge in [0, 0.05) is 25.3 Å². The fraction of sp³-hybridized carbons (Fsp3) is 0.333. The topological polar surface area (TPSA) is 79.9 Å². The van der Waals surface area contributed by atoms with E-state index in [-0.39, 0.29) is 30.5 Å². The summed E-state index contributed by atoms with van der Waals surface area (Å²) in [7, 11) is 0. The van der Waals surface area contributed by atoms with Crippen LogP contribution in [0.5, 0.6) is 11.5 Å². The van der Waals surface area contributed by atoms with Gasteiger partial charge < -0.3 is 25.0 Å². The first kappa shape index (κ1) is 19.0. The van der Waals surface area contributed by atoms with Gasteiger partial charge in [-0.3, -0.25) is 4.79 Å². The quantitative estimate of drug-likeness (QED) is 0.828. The van der Waals surface area contributed by atoms with Gasteiger partial charge in [0.1, 0.15) is 5.82 Å². The number of ether oxygens (including phenoxy) is 2. The molecule has 1 fully saturated rings. The first-order valence-corrected chi connectivity index (χ1v) is 9.56. The summed E-state index contributed by atoms with van der Waals surface area (Å²) in [5, 5.41) is 5.68. The van der Waals surface area contributed by atoms with Crippen LogP contribution in [-0.4, -0.2) is 36.7 Å². The number of fused-ring (bicyclic) bond motifs is 1. The Morgan fingerprint density at radius 3 is 2.72 bits per heavy atom. The third-order valence-electron chi connectivity index (χ3n) is 5.08. The van der Waals surface area contributed by atoms with Crippen molar-refractivity contribution in [2.24, 2.45) is 5.92 Å². The number of amides is 3. The van der Waals surface area contributed by atoms with E-state index in [1.807, 2.05) is 18.2 Å². The van der Waals surface area contributed by atoms with Crippen LogP contribution in [0, 0.1) is 11.7 Å². The van der Waals surface area contributed by atoms with E-state index in [0.717, 1.165) is 18.4 Å². The van der Waals surface area contributed by atoms with Gasteiger partial charge in [-0.15, -0.1) is 0 Å². The van der Waals surface area contributed by atoms with Crippen molar-refractivity contribution < 1.29 is 23.5 Å². The summed E-state index contributed by atoms with van der Waals surface area (Å²) in [6.45, 7) is 1.52. The molecule has 2 N–H and O–H groups in total. The number of nitrogens with one attached hydrogen (secondary N) is 2. The van der Waals surface area contributed by atoms with Crippen LogP contribution >= 0.6 is 0 Å². The summed E-state index contributed by atoms with van der Waals surface area (Å²) >= 11 is 0. The normalized spacial score (nSPS) is 17.7. The summed E-state index contributed by atoms with van der Waals surface area (Å²) in [5.74, 6) is 0.673. The Hall–Kier alpha value is -3.29. The highest BCUT2D eigenvalue weighted by Crippen LogP contribution is 2.32. The number of likely N-dealkylation sites (tertiary alicyclic amines) is 1. The molecule has 0 radical (unpaired) electrons. The molecule has 0 spiro atoms. The van der Waals surface area contributed by atoms with E-state index in [0.29, 0.717) is 36.8 Å². The van der Waals surface area contributed by atoms with Crippen molar-refractivity contribution in [3.8, 4) is 11.5 Å². The number of nitrogens with zero attached hydrogens (tertiary/aromatic N) is 1. The van der Waals surface area contributed by atoms with Crippen molar-refractivity contribution in [2.45, 2.75) is 19.4 Å². The summed E-state index contributed by atoms with van der Waals surface area (Å²) in [6.07, 6.45) is 1.48. The summed E-state index contributed by atoms with van der Waals surface area (Å²) < 4.78 is 23.6.